The van der Waals surface area contributed by atoms with Crippen LogP contribution in [-0.4, -0.2) is 25.1 Å². The van der Waals surface area contributed by atoms with E-state index in [1.165, 1.54) is 18.5 Å². The van der Waals surface area contributed by atoms with Crippen LogP contribution in [0.3, 0.4) is 0 Å². The first-order valence-corrected chi connectivity index (χ1v) is 4.80. The van der Waals surface area contributed by atoms with Crippen molar-refractivity contribution >= 4 is 5.69 Å². The molecule has 3 nitrogen and oxygen atoms in total. The first kappa shape index (κ1) is 8.63. The molecule has 72 valence electrons. The largest absolute Gasteiger partial charge is 0.373 e. The number of hydrogen-bond donors (Lipinski definition) is 2. The highest BCUT2D eigenvalue weighted by molar-refractivity contribution is 5.43. The second-order valence-electron chi connectivity index (χ2n) is 4.13. The van der Waals surface area contributed by atoms with Crippen LogP contribution in [0.5, 0.6) is 0 Å². The summed E-state index contributed by atoms with van der Waals surface area (Å²) in [4.78, 5) is 5.34. The molecule has 1 aromatic rings. The molecular formula is C10H17N3. The van der Waals surface area contributed by atoms with Crippen LogP contribution in [0.15, 0.2) is 18.5 Å². The Labute approximate surface area is 78.9 Å². The summed E-state index contributed by atoms with van der Waals surface area (Å²) in [6, 6.07) is 2.09. The van der Waals surface area contributed by atoms with Crippen molar-refractivity contribution in [2.75, 3.05) is 25.0 Å². The molecule has 13 heavy (non-hydrogen) atoms. The SMILES string of the molecule is CN(CC1(CN)CC1)c1cc[nH]c1. The molecule has 0 amide bonds. The number of aromatic amines is 1. The zero-order valence-electron chi connectivity index (χ0n) is 8.09. The standard InChI is InChI=1S/C10H17N3/c1-13(9-2-5-12-6-9)8-10(7-11)3-4-10/h2,5-6,12H,3-4,7-8,11H2,1H3. The number of aromatic nitrogens is 1. The molecule has 0 aliphatic heterocycles. The highest BCUT2D eigenvalue weighted by Crippen LogP contribution is 2.45. The fourth-order valence-electron chi connectivity index (χ4n) is 1.75. The average Bonchev–Trinajstić information content (AvgIpc) is 2.69. The molecule has 0 spiro atoms. The number of anilines is 1. The van der Waals surface area contributed by atoms with Gasteiger partial charge in [-0.2, -0.15) is 0 Å². The van der Waals surface area contributed by atoms with Crippen LogP contribution in [0.25, 0.3) is 0 Å². The highest BCUT2D eigenvalue weighted by Gasteiger charge is 2.42. The fourth-order valence-corrected chi connectivity index (χ4v) is 1.75. The molecule has 1 aliphatic carbocycles. The van der Waals surface area contributed by atoms with Crippen molar-refractivity contribution in [3.63, 3.8) is 0 Å². The third-order valence-electron chi connectivity index (χ3n) is 2.99. The zero-order chi connectivity index (χ0) is 9.31. The summed E-state index contributed by atoms with van der Waals surface area (Å²) in [5.41, 5.74) is 7.41. The Hall–Kier alpha value is -0.960. The minimum Gasteiger partial charge on any atom is -0.373 e. The lowest BCUT2D eigenvalue weighted by Crippen LogP contribution is -2.31. The van der Waals surface area contributed by atoms with E-state index in [4.69, 9.17) is 5.73 Å². The summed E-state index contributed by atoms with van der Waals surface area (Å²) in [7, 11) is 2.12. The van der Waals surface area contributed by atoms with Crippen LogP contribution < -0.4 is 10.6 Å². The Morgan fingerprint density at radius 2 is 2.38 bits per heavy atom. The summed E-state index contributed by atoms with van der Waals surface area (Å²) < 4.78 is 0. The van der Waals surface area contributed by atoms with Crippen LogP contribution in [0.4, 0.5) is 5.69 Å². The van der Waals surface area contributed by atoms with Crippen LogP contribution in [-0.2, 0) is 0 Å². The van der Waals surface area contributed by atoms with Crippen molar-refractivity contribution in [1.82, 2.24) is 4.98 Å². The summed E-state index contributed by atoms with van der Waals surface area (Å²) >= 11 is 0. The lowest BCUT2D eigenvalue weighted by Gasteiger charge is -2.23. The number of rotatable bonds is 4. The van der Waals surface area contributed by atoms with Crippen molar-refractivity contribution in [2.24, 2.45) is 11.1 Å². The second kappa shape index (κ2) is 3.07. The van der Waals surface area contributed by atoms with E-state index >= 15 is 0 Å². The van der Waals surface area contributed by atoms with Gasteiger partial charge in [-0.1, -0.05) is 0 Å². The molecule has 0 bridgehead atoms. The first-order chi connectivity index (χ1) is 6.26. The molecule has 0 aromatic carbocycles. The maximum Gasteiger partial charge on any atom is 0.0541 e. The van der Waals surface area contributed by atoms with Crippen molar-refractivity contribution in [3.05, 3.63) is 18.5 Å². The van der Waals surface area contributed by atoms with Gasteiger partial charge in [-0.25, -0.2) is 0 Å². The topological polar surface area (TPSA) is 45.0 Å². The van der Waals surface area contributed by atoms with Crippen molar-refractivity contribution < 1.29 is 0 Å². The summed E-state index contributed by atoms with van der Waals surface area (Å²) in [5.74, 6) is 0. The second-order valence-corrected chi connectivity index (χ2v) is 4.13. The van der Waals surface area contributed by atoms with Gasteiger partial charge in [-0.05, 0) is 25.5 Å². The molecule has 1 aliphatic rings. The third-order valence-corrected chi connectivity index (χ3v) is 2.99. The van der Waals surface area contributed by atoms with Gasteiger partial charge in [0.1, 0.15) is 0 Å². The van der Waals surface area contributed by atoms with Gasteiger partial charge in [0.15, 0.2) is 0 Å². The van der Waals surface area contributed by atoms with Crippen LogP contribution in [0.1, 0.15) is 12.8 Å². The van der Waals surface area contributed by atoms with Crippen molar-refractivity contribution in [1.29, 1.82) is 0 Å². The molecule has 0 unspecified atom stereocenters. The van der Waals surface area contributed by atoms with Gasteiger partial charge in [0.2, 0.25) is 0 Å². The molecule has 0 radical (unpaired) electrons. The predicted octanol–water partition coefficient (Wildman–Crippen LogP) is 1.19. The monoisotopic (exact) mass is 179 g/mol. The average molecular weight is 179 g/mol. The van der Waals surface area contributed by atoms with Crippen molar-refractivity contribution in [2.45, 2.75) is 12.8 Å². The summed E-state index contributed by atoms with van der Waals surface area (Å²) in [6.07, 6.45) is 6.55. The normalized spacial score (nSPS) is 18.6. The Bertz CT molecular complexity index is 262. The van der Waals surface area contributed by atoms with Gasteiger partial charge in [-0.3, -0.25) is 0 Å². The molecule has 1 heterocycles. The quantitative estimate of drug-likeness (QED) is 0.729. The number of nitrogens with one attached hydrogen (secondary N) is 1. The van der Waals surface area contributed by atoms with Crippen molar-refractivity contribution in [3.8, 4) is 0 Å². The van der Waals surface area contributed by atoms with Gasteiger partial charge < -0.3 is 15.6 Å². The maximum absolute atomic E-state index is 5.74. The smallest absolute Gasteiger partial charge is 0.0541 e. The number of nitrogens with zero attached hydrogens (tertiary/aromatic N) is 1. The van der Waals surface area contributed by atoms with Gasteiger partial charge in [0.05, 0.1) is 5.69 Å². The Balaban J connectivity index is 1.96. The van der Waals surface area contributed by atoms with E-state index < -0.39 is 0 Å². The molecule has 3 heteroatoms. The first-order valence-electron chi connectivity index (χ1n) is 4.80. The van der Waals surface area contributed by atoms with Crippen LogP contribution in [0.2, 0.25) is 0 Å². The molecule has 3 N–H and O–H groups in total. The molecule has 1 saturated carbocycles. The fraction of sp³-hybridized carbons (Fsp3) is 0.600. The van der Waals surface area contributed by atoms with Gasteiger partial charge in [0, 0.05) is 31.4 Å². The highest BCUT2D eigenvalue weighted by atomic mass is 15.1. The number of nitrogens with two attached hydrogens (primary N) is 1. The molecule has 0 atom stereocenters. The van der Waals surface area contributed by atoms with E-state index in [-0.39, 0.29) is 0 Å². The van der Waals surface area contributed by atoms with E-state index in [2.05, 4.69) is 23.0 Å². The zero-order valence-corrected chi connectivity index (χ0v) is 8.09. The molecule has 2 rings (SSSR count). The van der Waals surface area contributed by atoms with E-state index in [0.717, 1.165) is 13.1 Å². The molecule has 1 aromatic heterocycles. The van der Waals surface area contributed by atoms with Gasteiger partial charge in [-0.15, -0.1) is 0 Å². The predicted molar refractivity (Wildman–Crippen MR) is 54.8 cm³/mol. The van der Waals surface area contributed by atoms with Crippen LogP contribution >= 0.6 is 0 Å². The van der Waals surface area contributed by atoms with Gasteiger partial charge in [0.25, 0.3) is 0 Å². The van der Waals surface area contributed by atoms with Crippen LogP contribution in [0, 0.1) is 5.41 Å². The Kier molecular flexibility index (Phi) is 2.04. The summed E-state index contributed by atoms with van der Waals surface area (Å²) in [5, 5.41) is 0. The molecule has 0 saturated heterocycles. The van der Waals surface area contributed by atoms with E-state index in [1.54, 1.807) is 0 Å². The summed E-state index contributed by atoms with van der Waals surface area (Å²) in [6.45, 7) is 1.91. The minimum atomic E-state index is 0.423. The maximum atomic E-state index is 5.74. The third kappa shape index (κ3) is 1.70. The lowest BCUT2D eigenvalue weighted by atomic mass is 10.1. The van der Waals surface area contributed by atoms with Gasteiger partial charge >= 0.3 is 0 Å². The number of hydrogen-bond acceptors (Lipinski definition) is 2. The van der Waals surface area contributed by atoms with E-state index in [0.29, 0.717) is 5.41 Å². The Morgan fingerprint density at radius 1 is 1.62 bits per heavy atom. The minimum absolute atomic E-state index is 0.423. The molecular weight excluding hydrogens is 162 g/mol. The lowest BCUT2D eigenvalue weighted by molar-refractivity contribution is 0.523. The van der Waals surface area contributed by atoms with E-state index in [1.807, 2.05) is 12.4 Å². The Morgan fingerprint density at radius 3 is 2.85 bits per heavy atom. The number of H-pyrrole nitrogens is 1. The van der Waals surface area contributed by atoms with E-state index in [9.17, 15) is 0 Å². The molecule has 1 fully saturated rings.